The fourth-order valence-electron chi connectivity index (χ4n) is 2.94. The van der Waals surface area contributed by atoms with Crippen LogP contribution in [0.2, 0.25) is 0 Å². The second kappa shape index (κ2) is 7.43. The van der Waals surface area contributed by atoms with E-state index in [2.05, 4.69) is 29.1 Å². The zero-order valence-electron chi connectivity index (χ0n) is 12.0. The van der Waals surface area contributed by atoms with Crippen molar-refractivity contribution in [2.45, 2.75) is 38.4 Å². The van der Waals surface area contributed by atoms with Gasteiger partial charge < -0.3 is 15.0 Å². The highest BCUT2D eigenvalue weighted by atomic mass is 16.5. The summed E-state index contributed by atoms with van der Waals surface area (Å²) < 4.78 is 6.12. The van der Waals surface area contributed by atoms with Gasteiger partial charge in [-0.05, 0) is 45.9 Å². The molecule has 2 saturated heterocycles. The molecule has 2 atom stereocenters. The van der Waals surface area contributed by atoms with Gasteiger partial charge in [0.25, 0.3) is 0 Å². The van der Waals surface area contributed by atoms with E-state index in [9.17, 15) is 0 Å². The Balaban J connectivity index is 1.67. The molecular weight excluding hydrogens is 226 g/mol. The van der Waals surface area contributed by atoms with Gasteiger partial charge in [0, 0.05) is 26.2 Å². The Hall–Kier alpha value is -0.160. The minimum atomic E-state index is 0.449. The number of likely N-dealkylation sites (N-methyl/N-ethyl adjacent to an activating group) is 2. The van der Waals surface area contributed by atoms with Gasteiger partial charge in [0.2, 0.25) is 0 Å². The molecule has 0 aromatic heterocycles. The first-order chi connectivity index (χ1) is 8.78. The molecule has 0 aliphatic carbocycles. The lowest BCUT2D eigenvalue weighted by atomic mass is 10.2. The van der Waals surface area contributed by atoms with Gasteiger partial charge in [0.1, 0.15) is 0 Å². The highest BCUT2D eigenvalue weighted by Gasteiger charge is 2.26. The molecule has 0 aromatic rings. The standard InChI is InChI=1S/C14H29N3O/c1-3-15-11-13-5-6-14(18-13)12-17-8-4-7-16(2)9-10-17/h13-15H,3-12H2,1-2H3. The van der Waals surface area contributed by atoms with E-state index in [-0.39, 0.29) is 0 Å². The first kappa shape index (κ1) is 14.3. The Morgan fingerprint density at radius 1 is 1.11 bits per heavy atom. The molecule has 4 nitrogen and oxygen atoms in total. The van der Waals surface area contributed by atoms with E-state index >= 15 is 0 Å². The zero-order chi connectivity index (χ0) is 12.8. The third-order valence-electron chi connectivity index (χ3n) is 4.09. The SMILES string of the molecule is CCNCC1CCC(CN2CCCN(C)CC2)O1. The Labute approximate surface area is 112 Å². The lowest BCUT2D eigenvalue weighted by Gasteiger charge is -2.24. The number of hydrogen-bond donors (Lipinski definition) is 1. The van der Waals surface area contributed by atoms with Crippen LogP contribution in [-0.4, -0.2) is 74.9 Å². The van der Waals surface area contributed by atoms with Crippen molar-refractivity contribution in [1.82, 2.24) is 15.1 Å². The predicted molar refractivity (Wildman–Crippen MR) is 75.0 cm³/mol. The first-order valence-corrected chi connectivity index (χ1v) is 7.55. The van der Waals surface area contributed by atoms with Gasteiger partial charge in [-0.15, -0.1) is 0 Å². The van der Waals surface area contributed by atoms with Crippen LogP contribution in [-0.2, 0) is 4.74 Å². The summed E-state index contributed by atoms with van der Waals surface area (Å²) in [6.07, 6.45) is 4.68. The molecule has 2 fully saturated rings. The van der Waals surface area contributed by atoms with E-state index < -0.39 is 0 Å². The van der Waals surface area contributed by atoms with Gasteiger partial charge in [-0.3, -0.25) is 4.90 Å². The normalized spacial score (nSPS) is 31.7. The lowest BCUT2D eigenvalue weighted by molar-refractivity contribution is 0.0244. The van der Waals surface area contributed by atoms with Crippen LogP contribution in [0.15, 0.2) is 0 Å². The third-order valence-corrected chi connectivity index (χ3v) is 4.09. The van der Waals surface area contributed by atoms with Gasteiger partial charge in [-0.25, -0.2) is 0 Å². The molecule has 0 bridgehead atoms. The highest BCUT2D eigenvalue weighted by Crippen LogP contribution is 2.20. The van der Waals surface area contributed by atoms with Crippen molar-refractivity contribution < 1.29 is 4.74 Å². The summed E-state index contributed by atoms with van der Waals surface area (Å²) in [6, 6.07) is 0. The second-order valence-corrected chi connectivity index (χ2v) is 5.72. The van der Waals surface area contributed by atoms with Crippen molar-refractivity contribution in [1.29, 1.82) is 0 Å². The molecular formula is C14H29N3O. The van der Waals surface area contributed by atoms with Crippen LogP contribution in [0.25, 0.3) is 0 Å². The molecule has 0 aromatic carbocycles. The maximum atomic E-state index is 6.12. The molecule has 0 spiro atoms. The van der Waals surface area contributed by atoms with E-state index in [0.29, 0.717) is 12.2 Å². The van der Waals surface area contributed by atoms with Crippen LogP contribution in [0, 0.1) is 0 Å². The summed E-state index contributed by atoms with van der Waals surface area (Å²) in [6.45, 7) is 10.2. The van der Waals surface area contributed by atoms with E-state index in [1.807, 2.05) is 0 Å². The van der Waals surface area contributed by atoms with Crippen LogP contribution >= 0.6 is 0 Å². The Bertz CT molecular complexity index is 237. The minimum Gasteiger partial charge on any atom is -0.372 e. The van der Waals surface area contributed by atoms with Gasteiger partial charge in [0.05, 0.1) is 12.2 Å². The zero-order valence-corrected chi connectivity index (χ0v) is 12.0. The quantitative estimate of drug-likeness (QED) is 0.786. The van der Waals surface area contributed by atoms with Crippen LogP contribution < -0.4 is 5.32 Å². The smallest absolute Gasteiger partial charge is 0.0707 e. The average Bonchev–Trinajstić information content (AvgIpc) is 2.70. The number of rotatable bonds is 5. The summed E-state index contributed by atoms with van der Waals surface area (Å²) in [5.41, 5.74) is 0. The largest absolute Gasteiger partial charge is 0.372 e. The summed E-state index contributed by atoms with van der Waals surface area (Å²) >= 11 is 0. The van der Waals surface area contributed by atoms with Crippen LogP contribution in [0.5, 0.6) is 0 Å². The van der Waals surface area contributed by atoms with Gasteiger partial charge >= 0.3 is 0 Å². The molecule has 106 valence electrons. The third kappa shape index (κ3) is 4.50. The van der Waals surface area contributed by atoms with Crippen LogP contribution in [0.4, 0.5) is 0 Å². The van der Waals surface area contributed by atoms with Gasteiger partial charge in [-0.2, -0.15) is 0 Å². The molecule has 2 unspecified atom stereocenters. The molecule has 0 amide bonds. The number of hydrogen-bond acceptors (Lipinski definition) is 4. The molecule has 2 rings (SSSR count). The summed E-state index contributed by atoms with van der Waals surface area (Å²) in [5, 5.41) is 3.38. The Morgan fingerprint density at radius 2 is 1.94 bits per heavy atom. The van der Waals surface area contributed by atoms with Crippen molar-refractivity contribution >= 4 is 0 Å². The van der Waals surface area contributed by atoms with Crippen molar-refractivity contribution in [2.24, 2.45) is 0 Å². The molecule has 2 aliphatic rings. The van der Waals surface area contributed by atoms with Crippen molar-refractivity contribution in [2.75, 3.05) is 52.9 Å². The topological polar surface area (TPSA) is 27.7 Å². The molecule has 0 radical (unpaired) electrons. The van der Waals surface area contributed by atoms with Crippen molar-refractivity contribution in [3.8, 4) is 0 Å². The first-order valence-electron chi connectivity index (χ1n) is 7.55. The van der Waals surface area contributed by atoms with Gasteiger partial charge in [-0.1, -0.05) is 6.92 Å². The number of nitrogens with zero attached hydrogens (tertiary/aromatic N) is 2. The Morgan fingerprint density at radius 3 is 2.78 bits per heavy atom. The van der Waals surface area contributed by atoms with Crippen molar-refractivity contribution in [3.05, 3.63) is 0 Å². The highest BCUT2D eigenvalue weighted by molar-refractivity contribution is 4.79. The van der Waals surface area contributed by atoms with E-state index in [1.54, 1.807) is 0 Å². The maximum Gasteiger partial charge on any atom is 0.0707 e. The summed E-state index contributed by atoms with van der Waals surface area (Å²) in [4.78, 5) is 5.02. The molecule has 0 saturated carbocycles. The average molecular weight is 255 g/mol. The minimum absolute atomic E-state index is 0.449. The monoisotopic (exact) mass is 255 g/mol. The van der Waals surface area contributed by atoms with E-state index in [1.165, 1.54) is 45.4 Å². The summed E-state index contributed by atoms with van der Waals surface area (Å²) in [7, 11) is 2.22. The number of ether oxygens (including phenoxy) is 1. The van der Waals surface area contributed by atoms with Gasteiger partial charge in [0.15, 0.2) is 0 Å². The molecule has 2 aliphatic heterocycles. The fraction of sp³-hybridized carbons (Fsp3) is 1.00. The van der Waals surface area contributed by atoms with E-state index in [0.717, 1.165) is 19.6 Å². The molecule has 4 heteroatoms. The van der Waals surface area contributed by atoms with Crippen molar-refractivity contribution in [3.63, 3.8) is 0 Å². The summed E-state index contributed by atoms with van der Waals surface area (Å²) in [5.74, 6) is 0. The molecule has 1 N–H and O–H groups in total. The fourth-order valence-corrected chi connectivity index (χ4v) is 2.94. The Kier molecular flexibility index (Phi) is 5.89. The molecule has 2 heterocycles. The van der Waals surface area contributed by atoms with E-state index in [4.69, 9.17) is 4.74 Å². The molecule has 18 heavy (non-hydrogen) atoms. The van der Waals surface area contributed by atoms with Crippen LogP contribution in [0.1, 0.15) is 26.2 Å². The number of nitrogens with one attached hydrogen (secondary N) is 1. The second-order valence-electron chi connectivity index (χ2n) is 5.72. The van der Waals surface area contributed by atoms with Crippen LogP contribution in [0.3, 0.4) is 0 Å². The maximum absolute atomic E-state index is 6.12. The predicted octanol–water partition coefficient (Wildman–Crippen LogP) is 0.781. The lowest BCUT2D eigenvalue weighted by Crippen LogP contribution is -2.36.